The van der Waals surface area contributed by atoms with Gasteiger partial charge in [0.05, 0.1) is 19.0 Å². The number of amides is 1. The zero-order valence-electron chi connectivity index (χ0n) is 20.1. The standard InChI is InChI=1S/C23H34N8O2/c1-6-8-11-31-17(7-2)14-30(15-27-25-4)19-13-26-23(29-21(19)31)28-18-10-9-16(22(32)24-3)12-20(18)33-5/h9-10,12-13,15,17,25H,6-8,11,14H2,1-5H3,(H,24,32)(H,26,28,29)/b27-15-. The van der Waals surface area contributed by atoms with Gasteiger partial charge in [-0.3, -0.25) is 4.79 Å². The van der Waals surface area contributed by atoms with Gasteiger partial charge >= 0.3 is 0 Å². The third-order valence-electron chi connectivity index (χ3n) is 5.67. The number of anilines is 4. The summed E-state index contributed by atoms with van der Waals surface area (Å²) in [4.78, 5) is 25.9. The maximum absolute atomic E-state index is 12.0. The van der Waals surface area contributed by atoms with Crippen molar-refractivity contribution >= 4 is 35.4 Å². The highest BCUT2D eigenvalue weighted by molar-refractivity contribution is 5.95. The molecule has 0 bridgehead atoms. The summed E-state index contributed by atoms with van der Waals surface area (Å²) in [6.45, 7) is 6.14. The van der Waals surface area contributed by atoms with Crippen LogP contribution < -0.4 is 30.6 Å². The number of aromatic nitrogens is 2. The molecule has 0 saturated heterocycles. The third-order valence-corrected chi connectivity index (χ3v) is 5.67. The van der Waals surface area contributed by atoms with Crippen molar-refractivity contribution in [2.75, 3.05) is 49.4 Å². The van der Waals surface area contributed by atoms with Gasteiger partial charge in [0.15, 0.2) is 5.82 Å². The first-order chi connectivity index (χ1) is 16.1. The highest BCUT2D eigenvalue weighted by Crippen LogP contribution is 2.36. The number of carbonyl (C=O) groups excluding carboxylic acids is 1. The van der Waals surface area contributed by atoms with Crippen LogP contribution in [-0.4, -0.2) is 62.6 Å². The van der Waals surface area contributed by atoms with E-state index < -0.39 is 0 Å². The van der Waals surface area contributed by atoms with E-state index in [1.807, 2.05) is 6.20 Å². The van der Waals surface area contributed by atoms with E-state index in [-0.39, 0.29) is 5.91 Å². The molecule has 0 radical (unpaired) electrons. The van der Waals surface area contributed by atoms with Gasteiger partial charge in [0.25, 0.3) is 5.91 Å². The van der Waals surface area contributed by atoms with Crippen LogP contribution in [0.1, 0.15) is 43.5 Å². The van der Waals surface area contributed by atoms with E-state index in [2.05, 4.69) is 49.8 Å². The summed E-state index contributed by atoms with van der Waals surface area (Å²) < 4.78 is 5.49. The second-order valence-corrected chi connectivity index (χ2v) is 7.75. The minimum Gasteiger partial charge on any atom is -0.495 e. The first-order valence-corrected chi connectivity index (χ1v) is 11.3. The molecule has 10 heteroatoms. The van der Waals surface area contributed by atoms with Gasteiger partial charge in [0.2, 0.25) is 5.95 Å². The smallest absolute Gasteiger partial charge is 0.251 e. The van der Waals surface area contributed by atoms with E-state index in [1.54, 1.807) is 45.7 Å². The van der Waals surface area contributed by atoms with Crippen molar-refractivity contribution in [1.29, 1.82) is 0 Å². The number of methoxy groups -OCH3 is 1. The predicted octanol–water partition coefficient (Wildman–Crippen LogP) is 2.96. The molecule has 1 aliphatic rings. The third kappa shape index (κ3) is 5.44. The van der Waals surface area contributed by atoms with Gasteiger partial charge in [0, 0.05) is 38.8 Å². The lowest BCUT2D eigenvalue weighted by atomic mass is 10.1. The fraction of sp³-hybridized carbons (Fsp3) is 0.478. The molecule has 0 spiro atoms. The van der Waals surface area contributed by atoms with Crippen LogP contribution in [0.15, 0.2) is 29.5 Å². The quantitative estimate of drug-likeness (QED) is 0.286. The van der Waals surface area contributed by atoms with E-state index in [9.17, 15) is 4.79 Å². The number of rotatable bonds is 10. The van der Waals surface area contributed by atoms with Crippen molar-refractivity contribution in [3.05, 3.63) is 30.0 Å². The molecule has 1 amide bonds. The Kier molecular flexibility index (Phi) is 8.28. The summed E-state index contributed by atoms with van der Waals surface area (Å²) >= 11 is 0. The number of nitrogens with one attached hydrogen (secondary N) is 3. The highest BCUT2D eigenvalue weighted by atomic mass is 16.5. The number of fused-ring (bicyclic) bond motifs is 1. The van der Waals surface area contributed by atoms with Gasteiger partial charge in [-0.2, -0.15) is 10.1 Å². The van der Waals surface area contributed by atoms with Crippen molar-refractivity contribution in [2.24, 2.45) is 5.10 Å². The van der Waals surface area contributed by atoms with Crippen LogP contribution in [0.25, 0.3) is 0 Å². The monoisotopic (exact) mass is 454 g/mol. The summed E-state index contributed by atoms with van der Waals surface area (Å²) in [5.41, 5.74) is 4.93. The fourth-order valence-corrected chi connectivity index (χ4v) is 3.84. The lowest BCUT2D eigenvalue weighted by Crippen LogP contribution is -2.49. The van der Waals surface area contributed by atoms with Crippen molar-refractivity contribution in [1.82, 2.24) is 20.7 Å². The molecule has 1 aliphatic heterocycles. The second-order valence-electron chi connectivity index (χ2n) is 7.75. The zero-order chi connectivity index (χ0) is 23.8. The molecule has 3 rings (SSSR count). The molecular formula is C23H34N8O2. The zero-order valence-corrected chi connectivity index (χ0v) is 20.1. The van der Waals surface area contributed by atoms with Gasteiger partial charge in [-0.15, -0.1) is 0 Å². The van der Waals surface area contributed by atoms with Crippen LogP contribution in [0.5, 0.6) is 5.75 Å². The molecule has 2 heterocycles. The number of benzene rings is 1. The molecule has 10 nitrogen and oxygen atoms in total. The topological polar surface area (TPSA) is 107 Å². The van der Waals surface area contributed by atoms with E-state index in [0.717, 1.165) is 43.9 Å². The van der Waals surface area contributed by atoms with Crippen LogP contribution >= 0.6 is 0 Å². The minimum atomic E-state index is -0.176. The number of unbranched alkanes of at least 4 members (excludes halogenated alkanes) is 1. The fourth-order valence-electron chi connectivity index (χ4n) is 3.84. The summed E-state index contributed by atoms with van der Waals surface area (Å²) in [6.07, 6.45) is 6.80. The molecule has 178 valence electrons. The molecule has 3 N–H and O–H groups in total. The number of hydrazone groups is 1. The van der Waals surface area contributed by atoms with E-state index >= 15 is 0 Å². The summed E-state index contributed by atoms with van der Waals surface area (Å²) in [5, 5.41) is 10.1. The van der Waals surface area contributed by atoms with Crippen molar-refractivity contribution in [2.45, 2.75) is 39.2 Å². The Balaban J connectivity index is 1.97. The average molecular weight is 455 g/mol. The maximum Gasteiger partial charge on any atom is 0.251 e. The molecule has 1 aromatic heterocycles. The van der Waals surface area contributed by atoms with Crippen molar-refractivity contribution in [3.63, 3.8) is 0 Å². The number of ether oxygens (including phenoxy) is 1. The Morgan fingerprint density at radius 1 is 1.33 bits per heavy atom. The molecule has 1 unspecified atom stereocenters. The Morgan fingerprint density at radius 2 is 2.15 bits per heavy atom. The number of hydrogen-bond acceptors (Lipinski definition) is 8. The number of carbonyl (C=O) groups is 1. The Hall–Kier alpha value is -3.56. The molecule has 0 aliphatic carbocycles. The lowest BCUT2D eigenvalue weighted by molar-refractivity contribution is 0.0963. The van der Waals surface area contributed by atoms with Crippen molar-refractivity contribution < 1.29 is 9.53 Å². The van der Waals surface area contributed by atoms with Crippen molar-refractivity contribution in [3.8, 4) is 5.75 Å². The molecule has 0 saturated carbocycles. The largest absolute Gasteiger partial charge is 0.495 e. The molecule has 1 aromatic carbocycles. The number of nitrogens with zero attached hydrogens (tertiary/aromatic N) is 5. The SMILES string of the molecule is CCCCN1c2nc(Nc3ccc(C(=O)NC)cc3OC)ncc2N(/C=N\NC)CC1CC. The van der Waals surface area contributed by atoms with Crippen LogP contribution in [-0.2, 0) is 0 Å². The highest BCUT2D eigenvalue weighted by Gasteiger charge is 2.31. The summed E-state index contributed by atoms with van der Waals surface area (Å²) in [6, 6.07) is 5.54. The van der Waals surface area contributed by atoms with Crippen LogP contribution in [0, 0.1) is 0 Å². The predicted molar refractivity (Wildman–Crippen MR) is 133 cm³/mol. The summed E-state index contributed by atoms with van der Waals surface area (Å²) in [5.74, 6) is 1.70. The van der Waals surface area contributed by atoms with Crippen LogP contribution in [0.2, 0.25) is 0 Å². The van der Waals surface area contributed by atoms with E-state index in [0.29, 0.717) is 29.0 Å². The van der Waals surface area contributed by atoms with Gasteiger partial charge < -0.3 is 30.6 Å². The van der Waals surface area contributed by atoms with Crippen LogP contribution in [0.4, 0.5) is 23.1 Å². The average Bonchev–Trinajstić information content (AvgIpc) is 2.85. The Bertz CT molecular complexity index is 981. The molecular weight excluding hydrogens is 420 g/mol. The Morgan fingerprint density at radius 3 is 2.82 bits per heavy atom. The van der Waals surface area contributed by atoms with Gasteiger partial charge in [-0.25, -0.2) is 4.98 Å². The molecule has 0 fully saturated rings. The summed E-state index contributed by atoms with van der Waals surface area (Å²) in [7, 11) is 4.94. The number of hydrogen-bond donors (Lipinski definition) is 3. The molecule has 33 heavy (non-hydrogen) atoms. The maximum atomic E-state index is 12.0. The van der Waals surface area contributed by atoms with Gasteiger partial charge in [-0.1, -0.05) is 20.3 Å². The normalized spacial score (nSPS) is 15.4. The molecule has 1 atom stereocenters. The van der Waals surface area contributed by atoms with Crippen LogP contribution in [0.3, 0.4) is 0 Å². The van der Waals surface area contributed by atoms with E-state index in [1.165, 1.54) is 0 Å². The first-order valence-electron chi connectivity index (χ1n) is 11.3. The second kappa shape index (κ2) is 11.3. The Labute approximate surface area is 195 Å². The minimum absolute atomic E-state index is 0.176. The molecule has 2 aromatic rings. The van der Waals surface area contributed by atoms with E-state index in [4.69, 9.17) is 9.72 Å². The van der Waals surface area contributed by atoms with Gasteiger partial charge in [-0.05, 0) is 31.0 Å². The lowest BCUT2D eigenvalue weighted by Gasteiger charge is -2.41. The first kappa shape index (κ1) is 24.1. The van der Waals surface area contributed by atoms with Gasteiger partial charge in [0.1, 0.15) is 17.8 Å².